The molecule has 74 valence electrons. The van der Waals surface area contributed by atoms with E-state index in [1.165, 1.54) is 0 Å². The second-order valence-electron chi connectivity index (χ2n) is 3.39. The second-order valence-corrected chi connectivity index (χ2v) is 3.39. The van der Waals surface area contributed by atoms with Gasteiger partial charge in [0.1, 0.15) is 6.10 Å². The van der Waals surface area contributed by atoms with Gasteiger partial charge in [-0.3, -0.25) is 0 Å². The summed E-state index contributed by atoms with van der Waals surface area (Å²) in [5, 5.41) is 9.17. The van der Waals surface area contributed by atoms with Crippen molar-refractivity contribution in [3.8, 4) is 0 Å². The fourth-order valence-corrected chi connectivity index (χ4v) is 0.952. The number of oxazole rings is 1. The second kappa shape index (κ2) is 4.39. The van der Waals surface area contributed by atoms with E-state index in [4.69, 9.17) is 4.42 Å². The van der Waals surface area contributed by atoms with Gasteiger partial charge in [-0.05, 0) is 21.0 Å². The molecule has 1 aromatic heterocycles. The first-order valence-electron chi connectivity index (χ1n) is 4.37. The minimum atomic E-state index is -0.569. The first kappa shape index (κ1) is 10.2. The van der Waals surface area contributed by atoms with E-state index in [0.717, 1.165) is 13.0 Å². The van der Waals surface area contributed by atoms with Crippen LogP contribution in [0.3, 0.4) is 0 Å². The third kappa shape index (κ3) is 3.16. The lowest BCUT2D eigenvalue weighted by Gasteiger charge is -2.06. The van der Waals surface area contributed by atoms with E-state index in [2.05, 4.69) is 9.88 Å². The van der Waals surface area contributed by atoms with Gasteiger partial charge in [0.05, 0.1) is 6.20 Å². The van der Waals surface area contributed by atoms with Crippen molar-refractivity contribution in [1.29, 1.82) is 0 Å². The summed E-state index contributed by atoms with van der Waals surface area (Å²) in [6.45, 7) is 2.57. The van der Waals surface area contributed by atoms with Gasteiger partial charge in [0.25, 0.3) is 0 Å². The van der Waals surface area contributed by atoms with Gasteiger partial charge < -0.3 is 14.4 Å². The van der Waals surface area contributed by atoms with Gasteiger partial charge in [0.15, 0.2) is 11.7 Å². The van der Waals surface area contributed by atoms with E-state index in [9.17, 15) is 5.11 Å². The van der Waals surface area contributed by atoms with E-state index in [-0.39, 0.29) is 0 Å². The highest BCUT2D eigenvalue weighted by molar-refractivity contribution is 4.96. The van der Waals surface area contributed by atoms with Crippen LogP contribution in [0, 0.1) is 0 Å². The summed E-state index contributed by atoms with van der Waals surface area (Å²) in [6, 6.07) is 0. The standard InChI is InChI=1S/C9H16N2O2/c1-7(12)8-6-10-9(13-8)4-5-11(2)3/h6-7,12H,4-5H2,1-3H3. The molecule has 0 aliphatic rings. The molecule has 1 heterocycles. The van der Waals surface area contributed by atoms with Crippen molar-refractivity contribution >= 4 is 0 Å². The zero-order chi connectivity index (χ0) is 9.84. The van der Waals surface area contributed by atoms with Crippen LogP contribution in [0.2, 0.25) is 0 Å². The number of rotatable bonds is 4. The Morgan fingerprint density at radius 2 is 2.31 bits per heavy atom. The lowest BCUT2D eigenvalue weighted by atomic mass is 10.3. The number of hydrogen-bond donors (Lipinski definition) is 1. The third-order valence-electron chi connectivity index (χ3n) is 1.76. The highest BCUT2D eigenvalue weighted by atomic mass is 16.4. The fraction of sp³-hybridized carbons (Fsp3) is 0.667. The minimum absolute atomic E-state index is 0.536. The summed E-state index contributed by atoms with van der Waals surface area (Å²) in [6.07, 6.45) is 1.79. The molecule has 4 heteroatoms. The molecule has 0 amide bonds. The molecule has 1 rings (SSSR count). The van der Waals surface area contributed by atoms with Crippen LogP contribution >= 0.6 is 0 Å². The summed E-state index contributed by atoms with van der Waals surface area (Å²) in [5.41, 5.74) is 0. The SMILES string of the molecule is CC(O)c1cnc(CCN(C)C)o1. The number of aromatic nitrogens is 1. The van der Waals surface area contributed by atoms with Gasteiger partial charge in [-0.2, -0.15) is 0 Å². The average Bonchev–Trinajstić information content (AvgIpc) is 2.48. The van der Waals surface area contributed by atoms with E-state index >= 15 is 0 Å². The van der Waals surface area contributed by atoms with Crippen LogP contribution < -0.4 is 0 Å². The number of likely N-dealkylation sites (N-methyl/N-ethyl adjacent to an activating group) is 1. The van der Waals surface area contributed by atoms with E-state index < -0.39 is 6.10 Å². The zero-order valence-corrected chi connectivity index (χ0v) is 8.32. The minimum Gasteiger partial charge on any atom is -0.443 e. The smallest absolute Gasteiger partial charge is 0.195 e. The highest BCUT2D eigenvalue weighted by Crippen LogP contribution is 2.13. The van der Waals surface area contributed by atoms with Crippen LogP contribution in [0.1, 0.15) is 24.7 Å². The van der Waals surface area contributed by atoms with Crippen LogP contribution in [0.15, 0.2) is 10.6 Å². The first-order valence-corrected chi connectivity index (χ1v) is 4.37. The third-order valence-corrected chi connectivity index (χ3v) is 1.76. The Kier molecular flexibility index (Phi) is 3.45. The van der Waals surface area contributed by atoms with Gasteiger partial charge >= 0.3 is 0 Å². The average molecular weight is 184 g/mol. The molecule has 0 spiro atoms. The molecule has 0 saturated carbocycles. The number of aliphatic hydroxyl groups is 1. The molecule has 1 aromatic rings. The van der Waals surface area contributed by atoms with Crippen molar-refractivity contribution in [1.82, 2.24) is 9.88 Å². The molecular weight excluding hydrogens is 168 g/mol. The van der Waals surface area contributed by atoms with Crippen LogP contribution in [0.4, 0.5) is 0 Å². The molecule has 0 bridgehead atoms. The van der Waals surface area contributed by atoms with Gasteiger partial charge in [0, 0.05) is 13.0 Å². The lowest BCUT2D eigenvalue weighted by Crippen LogP contribution is -2.15. The molecule has 0 aliphatic carbocycles. The van der Waals surface area contributed by atoms with Gasteiger partial charge in [-0.15, -0.1) is 0 Å². The monoisotopic (exact) mass is 184 g/mol. The predicted molar refractivity (Wildman–Crippen MR) is 49.4 cm³/mol. The zero-order valence-electron chi connectivity index (χ0n) is 8.32. The van der Waals surface area contributed by atoms with Crippen LogP contribution in [-0.4, -0.2) is 35.6 Å². The summed E-state index contributed by atoms with van der Waals surface area (Å²) >= 11 is 0. The Bertz CT molecular complexity index is 256. The normalized spacial score (nSPS) is 13.6. The molecule has 1 unspecified atom stereocenters. The fourth-order valence-electron chi connectivity index (χ4n) is 0.952. The van der Waals surface area contributed by atoms with Crippen molar-refractivity contribution in [2.45, 2.75) is 19.4 Å². The Morgan fingerprint density at radius 3 is 2.77 bits per heavy atom. The van der Waals surface area contributed by atoms with Crippen LogP contribution in [0.5, 0.6) is 0 Å². The maximum absolute atomic E-state index is 9.17. The Hall–Kier alpha value is -0.870. The molecule has 1 atom stereocenters. The maximum atomic E-state index is 9.17. The molecule has 0 aliphatic heterocycles. The molecule has 0 saturated heterocycles. The Morgan fingerprint density at radius 1 is 1.62 bits per heavy atom. The van der Waals surface area contributed by atoms with Gasteiger partial charge in [-0.25, -0.2) is 4.98 Å². The van der Waals surface area contributed by atoms with Crippen LogP contribution in [0.25, 0.3) is 0 Å². The van der Waals surface area contributed by atoms with Crippen LogP contribution in [-0.2, 0) is 6.42 Å². The molecule has 1 N–H and O–H groups in total. The molecule has 4 nitrogen and oxygen atoms in total. The number of nitrogens with zero attached hydrogens (tertiary/aromatic N) is 2. The first-order chi connectivity index (χ1) is 6.09. The lowest BCUT2D eigenvalue weighted by molar-refractivity contribution is 0.166. The van der Waals surface area contributed by atoms with Crippen molar-refractivity contribution in [3.05, 3.63) is 17.8 Å². The van der Waals surface area contributed by atoms with Crippen molar-refractivity contribution < 1.29 is 9.52 Å². The number of aliphatic hydroxyl groups excluding tert-OH is 1. The van der Waals surface area contributed by atoms with Crippen molar-refractivity contribution in [2.24, 2.45) is 0 Å². The number of hydrogen-bond acceptors (Lipinski definition) is 4. The molecule has 13 heavy (non-hydrogen) atoms. The van der Waals surface area contributed by atoms with Crippen molar-refractivity contribution in [3.63, 3.8) is 0 Å². The summed E-state index contributed by atoms with van der Waals surface area (Å²) in [4.78, 5) is 6.12. The maximum Gasteiger partial charge on any atom is 0.195 e. The van der Waals surface area contributed by atoms with Gasteiger partial charge in [-0.1, -0.05) is 0 Å². The summed E-state index contributed by atoms with van der Waals surface area (Å²) in [7, 11) is 4.00. The van der Waals surface area contributed by atoms with Gasteiger partial charge in [0.2, 0.25) is 0 Å². The Balaban J connectivity index is 2.49. The topological polar surface area (TPSA) is 49.5 Å². The molecule has 0 fully saturated rings. The summed E-state index contributed by atoms with van der Waals surface area (Å²) in [5.74, 6) is 1.22. The summed E-state index contributed by atoms with van der Waals surface area (Å²) < 4.78 is 5.31. The largest absolute Gasteiger partial charge is 0.443 e. The quantitative estimate of drug-likeness (QED) is 0.753. The Labute approximate surface area is 78.2 Å². The van der Waals surface area contributed by atoms with Crippen molar-refractivity contribution in [2.75, 3.05) is 20.6 Å². The molecule has 0 radical (unpaired) electrons. The van der Waals surface area contributed by atoms with E-state index in [1.54, 1.807) is 13.1 Å². The predicted octanol–water partition coefficient (Wildman–Crippen LogP) is 0.832. The van der Waals surface area contributed by atoms with E-state index in [1.807, 2.05) is 14.1 Å². The molecule has 0 aromatic carbocycles. The van der Waals surface area contributed by atoms with E-state index in [0.29, 0.717) is 11.7 Å². The molecular formula is C9H16N2O2. The highest BCUT2D eigenvalue weighted by Gasteiger charge is 2.08.